The molecule has 1 N–H and O–H groups in total. The minimum absolute atomic E-state index is 0.121. The standard InChI is InChI=1S/C15H23NO4/c1-5-18-14-8-12(9-16-4)6-7-13(14)19-10-15(17)20-11(2)3/h6-8,11,16H,5,9-10H2,1-4H3. The van der Waals surface area contributed by atoms with Crippen LogP contribution in [0.1, 0.15) is 26.3 Å². The number of ether oxygens (including phenoxy) is 3. The molecule has 5 heteroatoms. The average molecular weight is 281 g/mol. The first-order valence-corrected chi connectivity index (χ1v) is 6.79. The van der Waals surface area contributed by atoms with Crippen molar-refractivity contribution in [2.24, 2.45) is 0 Å². The first kappa shape index (κ1) is 16.3. The van der Waals surface area contributed by atoms with Crippen LogP contribution in [0.3, 0.4) is 0 Å². The Morgan fingerprint density at radius 1 is 1.25 bits per heavy atom. The minimum atomic E-state index is -0.387. The zero-order valence-electron chi connectivity index (χ0n) is 12.6. The van der Waals surface area contributed by atoms with E-state index in [0.29, 0.717) is 18.1 Å². The molecule has 0 aromatic heterocycles. The lowest BCUT2D eigenvalue weighted by Crippen LogP contribution is -2.19. The van der Waals surface area contributed by atoms with E-state index in [9.17, 15) is 4.79 Å². The Morgan fingerprint density at radius 2 is 2.00 bits per heavy atom. The average Bonchev–Trinajstić information content (AvgIpc) is 2.38. The number of carbonyl (C=O) groups excluding carboxylic acids is 1. The Morgan fingerprint density at radius 3 is 2.60 bits per heavy atom. The summed E-state index contributed by atoms with van der Waals surface area (Å²) in [6, 6.07) is 5.64. The molecule has 0 radical (unpaired) electrons. The smallest absolute Gasteiger partial charge is 0.344 e. The summed E-state index contributed by atoms with van der Waals surface area (Å²) >= 11 is 0. The van der Waals surface area contributed by atoms with Gasteiger partial charge in [-0.3, -0.25) is 0 Å². The second-order valence-corrected chi connectivity index (χ2v) is 4.57. The van der Waals surface area contributed by atoms with Gasteiger partial charge in [0.2, 0.25) is 0 Å². The second-order valence-electron chi connectivity index (χ2n) is 4.57. The van der Waals surface area contributed by atoms with E-state index < -0.39 is 0 Å². The van der Waals surface area contributed by atoms with Crippen molar-refractivity contribution in [1.82, 2.24) is 5.32 Å². The topological polar surface area (TPSA) is 56.8 Å². The Kier molecular flexibility index (Phi) is 6.87. The molecule has 0 fully saturated rings. The van der Waals surface area contributed by atoms with Gasteiger partial charge in [0.15, 0.2) is 18.1 Å². The van der Waals surface area contributed by atoms with Crippen molar-refractivity contribution in [2.45, 2.75) is 33.4 Å². The summed E-state index contributed by atoms with van der Waals surface area (Å²) in [4.78, 5) is 11.5. The summed E-state index contributed by atoms with van der Waals surface area (Å²) in [5, 5.41) is 3.07. The molecule has 5 nitrogen and oxygen atoms in total. The van der Waals surface area contributed by atoms with Crippen LogP contribution < -0.4 is 14.8 Å². The Hall–Kier alpha value is -1.75. The third-order valence-electron chi connectivity index (χ3n) is 2.40. The number of carbonyl (C=O) groups is 1. The zero-order valence-corrected chi connectivity index (χ0v) is 12.6. The van der Waals surface area contributed by atoms with Gasteiger partial charge >= 0.3 is 5.97 Å². The molecule has 0 bridgehead atoms. The van der Waals surface area contributed by atoms with E-state index in [1.165, 1.54) is 0 Å². The van der Waals surface area contributed by atoms with Crippen LogP contribution >= 0.6 is 0 Å². The minimum Gasteiger partial charge on any atom is -0.490 e. The van der Waals surface area contributed by atoms with Crippen molar-refractivity contribution < 1.29 is 19.0 Å². The molecular weight excluding hydrogens is 258 g/mol. The largest absolute Gasteiger partial charge is 0.490 e. The fraction of sp³-hybridized carbons (Fsp3) is 0.533. The van der Waals surface area contributed by atoms with Crippen molar-refractivity contribution in [3.63, 3.8) is 0 Å². The van der Waals surface area contributed by atoms with Crippen LogP contribution in [-0.2, 0) is 16.1 Å². The number of rotatable bonds is 8. The van der Waals surface area contributed by atoms with Gasteiger partial charge in [-0.25, -0.2) is 4.79 Å². The summed E-state index contributed by atoms with van der Waals surface area (Å²) < 4.78 is 16.0. The van der Waals surface area contributed by atoms with Crippen LogP contribution in [0.5, 0.6) is 11.5 Å². The van der Waals surface area contributed by atoms with Crippen LogP contribution in [0.4, 0.5) is 0 Å². The Bertz CT molecular complexity index is 432. The summed E-state index contributed by atoms with van der Waals surface area (Å²) in [7, 11) is 1.88. The highest BCUT2D eigenvalue weighted by Crippen LogP contribution is 2.28. The van der Waals surface area contributed by atoms with E-state index in [4.69, 9.17) is 14.2 Å². The van der Waals surface area contributed by atoms with Gasteiger partial charge in [0.25, 0.3) is 0 Å². The molecule has 1 rings (SSSR count). The maximum Gasteiger partial charge on any atom is 0.344 e. The lowest BCUT2D eigenvalue weighted by atomic mass is 10.2. The normalized spacial score (nSPS) is 10.4. The van der Waals surface area contributed by atoms with E-state index in [0.717, 1.165) is 12.1 Å². The predicted octanol–water partition coefficient (Wildman–Crippen LogP) is 2.14. The summed E-state index contributed by atoms with van der Waals surface area (Å²) in [6.07, 6.45) is -0.143. The van der Waals surface area contributed by atoms with Crippen LogP contribution in [0.25, 0.3) is 0 Å². The number of hydrogen-bond acceptors (Lipinski definition) is 5. The molecule has 0 aliphatic heterocycles. The molecule has 0 aliphatic rings. The van der Waals surface area contributed by atoms with Crippen molar-refractivity contribution in [3.8, 4) is 11.5 Å². The van der Waals surface area contributed by atoms with E-state index in [1.54, 1.807) is 19.9 Å². The highest BCUT2D eigenvalue weighted by atomic mass is 16.6. The molecule has 0 aliphatic carbocycles. The quantitative estimate of drug-likeness (QED) is 0.740. The fourth-order valence-electron chi connectivity index (χ4n) is 1.69. The number of nitrogens with one attached hydrogen (secondary N) is 1. The van der Waals surface area contributed by atoms with Crippen LogP contribution in [0, 0.1) is 0 Å². The lowest BCUT2D eigenvalue weighted by Gasteiger charge is -2.14. The molecule has 0 atom stereocenters. The molecule has 1 aromatic rings. The summed E-state index contributed by atoms with van der Waals surface area (Å²) in [6.45, 7) is 6.67. The Balaban J connectivity index is 2.70. The predicted molar refractivity (Wildman–Crippen MR) is 77.1 cm³/mol. The van der Waals surface area contributed by atoms with Crippen molar-refractivity contribution in [2.75, 3.05) is 20.3 Å². The highest BCUT2D eigenvalue weighted by Gasteiger charge is 2.10. The molecule has 0 heterocycles. The Labute approximate surface area is 120 Å². The molecule has 112 valence electrons. The molecular formula is C15H23NO4. The maximum atomic E-state index is 11.5. The number of hydrogen-bond donors (Lipinski definition) is 1. The van der Waals surface area contributed by atoms with E-state index >= 15 is 0 Å². The number of benzene rings is 1. The van der Waals surface area contributed by atoms with Gasteiger partial charge in [-0.15, -0.1) is 0 Å². The van der Waals surface area contributed by atoms with Gasteiger partial charge in [0, 0.05) is 6.54 Å². The van der Waals surface area contributed by atoms with Gasteiger partial charge in [0.05, 0.1) is 12.7 Å². The SMILES string of the molecule is CCOc1cc(CNC)ccc1OCC(=O)OC(C)C. The molecule has 1 aromatic carbocycles. The van der Waals surface area contributed by atoms with E-state index in [2.05, 4.69) is 5.32 Å². The number of esters is 1. The monoisotopic (exact) mass is 281 g/mol. The third kappa shape index (κ3) is 5.48. The molecule has 20 heavy (non-hydrogen) atoms. The van der Waals surface area contributed by atoms with Gasteiger partial charge in [-0.2, -0.15) is 0 Å². The fourth-order valence-corrected chi connectivity index (χ4v) is 1.69. The molecule has 0 amide bonds. The molecule has 0 saturated carbocycles. The van der Waals surface area contributed by atoms with Crippen molar-refractivity contribution in [1.29, 1.82) is 0 Å². The van der Waals surface area contributed by atoms with Gasteiger partial charge < -0.3 is 19.5 Å². The van der Waals surface area contributed by atoms with Gasteiger partial charge in [-0.1, -0.05) is 6.07 Å². The third-order valence-corrected chi connectivity index (χ3v) is 2.40. The molecule has 0 saturated heterocycles. The maximum absolute atomic E-state index is 11.5. The second kappa shape index (κ2) is 8.43. The molecule has 0 unspecified atom stereocenters. The lowest BCUT2D eigenvalue weighted by molar-refractivity contribution is -0.149. The summed E-state index contributed by atoms with van der Waals surface area (Å²) in [5.41, 5.74) is 1.09. The van der Waals surface area contributed by atoms with Crippen LogP contribution in [-0.4, -0.2) is 32.3 Å². The van der Waals surface area contributed by atoms with Crippen molar-refractivity contribution >= 4 is 5.97 Å². The molecule has 0 spiro atoms. The van der Waals surface area contributed by atoms with E-state index in [1.807, 2.05) is 26.1 Å². The zero-order chi connectivity index (χ0) is 15.0. The first-order valence-electron chi connectivity index (χ1n) is 6.79. The van der Waals surface area contributed by atoms with Gasteiger partial charge in [-0.05, 0) is 45.5 Å². The van der Waals surface area contributed by atoms with E-state index in [-0.39, 0.29) is 18.7 Å². The van der Waals surface area contributed by atoms with Gasteiger partial charge in [0.1, 0.15) is 0 Å². The summed E-state index contributed by atoms with van der Waals surface area (Å²) in [5.74, 6) is 0.798. The van der Waals surface area contributed by atoms with Crippen molar-refractivity contribution in [3.05, 3.63) is 23.8 Å². The van der Waals surface area contributed by atoms with Crippen LogP contribution in [0.15, 0.2) is 18.2 Å². The highest BCUT2D eigenvalue weighted by molar-refractivity contribution is 5.71. The van der Waals surface area contributed by atoms with Crippen LogP contribution in [0.2, 0.25) is 0 Å². The first-order chi connectivity index (χ1) is 9.56.